The minimum Gasteiger partial charge on any atom is -0.339 e. The predicted octanol–water partition coefficient (Wildman–Crippen LogP) is 1.35. The Labute approximate surface area is 147 Å². The Hall–Kier alpha value is -1.92. The molecule has 2 N–H and O–H groups in total. The first-order valence-electron chi connectivity index (χ1n) is 7.93. The van der Waals surface area contributed by atoms with Crippen LogP contribution in [-0.2, 0) is 4.79 Å². The van der Waals surface area contributed by atoms with E-state index in [4.69, 9.17) is 5.73 Å². The zero-order valence-corrected chi connectivity index (χ0v) is 14.6. The van der Waals surface area contributed by atoms with E-state index in [9.17, 15) is 14.4 Å². The first-order chi connectivity index (χ1) is 10.9. The summed E-state index contributed by atoms with van der Waals surface area (Å²) in [4.78, 5) is 40.5. The van der Waals surface area contributed by atoms with Crippen molar-refractivity contribution in [3.8, 4) is 0 Å². The van der Waals surface area contributed by atoms with Crippen molar-refractivity contribution in [3.63, 3.8) is 0 Å². The molecule has 3 amide bonds. The van der Waals surface area contributed by atoms with Gasteiger partial charge >= 0.3 is 0 Å². The van der Waals surface area contributed by atoms with Gasteiger partial charge in [0.05, 0.1) is 11.1 Å². The molecule has 2 atom stereocenters. The molecular formula is C17H22ClN3O3. The lowest BCUT2D eigenvalue weighted by Gasteiger charge is -2.34. The van der Waals surface area contributed by atoms with Gasteiger partial charge in [0.15, 0.2) is 0 Å². The molecule has 6 nitrogen and oxygen atoms in total. The van der Waals surface area contributed by atoms with E-state index in [2.05, 4.69) is 0 Å². The molecule has 2 aliphatic rings. The molecule has 2 heterocycles. The number of piperidine rings is 1. The van der Waals surface area contributed by atoms with Crippen LogP contribution >= 0.6 is 12.4 Å². The second kappa shape index (κ2) is 6.91. The van der Waals surface area contributed by atoms with Crippen molar-refractivity contribution in [3.05, 3.63) is 34.9 Å². The average Bonchev–Trinajstić information content (AvgIpc) is 2.77. The number of imide groups is 1. The molecule has 7 heteroatoms. The van der Waals surface area contributed by atoms with Crippen LogP contribution in [0.3, 0.4) is 0 Å². The Kier molecular flexibility index (Phi) is 5.30. The average molecular weight is 352 g/mol. The third-order valence-corrected chi connectivity index (χ3v) is 4.59. The van der Waals surface area contributed by atoms with Gasteiger partial charge in [-0.15, -0.1) is 12.4 Å². The fourth-order valence-electron chi connectivity index (χ4n) is 3.31. The summed E-state index contributed by atoms with van der Waals surface area (Å²) in [5.41, 5.74) is 7.58. The van der Waals surface area contributed by atoms with Gasteiger partial charge in [0, 0.05) is 19.1 Å². The van der Waals surface area contributed by atoms with Crippen LogP contribution in [0.25, 0.3) is 0 Å². The van der Waals surface area contributed by atoms with Gasteiger partial charge < -0.3 is 10.6 Å². The van der Waals surface area contributed by atoms with Crippen molar-refractivity contribution in [1.29, 1.82) is 0 Å². The number of likely N-dealkylation sites (tertiary alicyclic amines) is 1. The highest BCUT2D eigenvalue weighted by Gasteiger charge is 2.42. The van der Waals surface area contributed by atoms with Crippen LogP contribution in [0.15, 0.2) is 18.2 Å². The molecule has 0 aromatic heterocycles. The van der Waals surface area contributed by atoms with E-state index in [1.54, 1.807) is 30.0 Å². The third-order valence-electron chi connectivity index (χ3n) is 4.59. The van der Waals surface area contributed by atoms with E-state index in [0.717, 1.165) is 23.3 Å². The van der Waals surface area contributed by atoms with Crippen LogP contribution in [0, 0.1) is 6.92 Å². The fraction of sp³-hybridized carbons (Fsp3) is 0.471. The zero-order chi connectivity index (χ0) is 16.7. The number of carbonyl (C=O) groups is 3. The SMILES string of the molecule is Cc1ccc2c(c1)C(=O)N(C(C)C(=O)N1CCCC(N)C1)C2=O.Cl. The Morgan fingerprint density at radius 3 is 2.58 bits per heavy atom. The van der Waals surface area contributed by atoms with E-state index in [1.807, 2.05) is 6.92 Å². The number of fused-ring (bicyclic) bond motifs is 1. The summed E-state index contributed by atoms with van der Waals surface area (Å²) in [7, 11) is 0. The second-order valence-electron chi connectivity index (χ2n) is 6.39. The summed E-state index contributed by atoms with van der Waals surface area (Å²) in [5.74, 6) is -1.01. The first kappa shape index (κ1) is 18.4. The van der Waals surface area contributed by atoms with Crippen molar-refractivity contribution < 1.29 is 14.4 Å². The number of hydrogen-bond acceptors (Lipinski definition) is 4. The number of aryl methyl sites for hydroxylation is 1. The van der Waals surface area contributed by atoms with Gasteiger partial charge in [0.25, 0.3) is 11.8 Å². The van der Waals surface area contributed by atoms with Crippen molar-refractivity contribution in [1.82, 2.24) is 9.80 Å². The first-order valence-corrected chi connectivity index (χ1v) is 7.93. The molecule has 0 saturated carbocycles. The number of carbonyl (C=O) groups excluding carboxylic acids is 3. The molecule has 24 heavy (non-hydrogen) atoms. The van der Waals surface area contributed by atoms with Crippen LogP contribution in [-0.4, -0.2) is 52.7 Å². The summed E-state index contributed by atoms with van der Waals surface area (Å²) in [5, 5.41) is 0. The lowest BCUT2D eigenvalue weighted by Crippen LogP contribution is -2.53. The van der Waals surface area contributed by atoms with Gasteiger partial charge in [-0.1, -0.05) is 11.6 Å². The Bertz CT molecular complexity index is 692. The molecule has 1 aromatic carbocycles. The Morgan fingerprint density at radius 1 is 1.25 bits per heavy atom. The van der Waals surface area contributed by atoms with Gasteiger partial charge in [-0.05, 0) is 38.8 Å². The van der Waals surface area contributed by atoms with Crippen LogP contribution < -0.4 is 5.73 Å². The Morgan fingerprint density at radius 2 is 1.92 bits per heavy atom. The predicted molar refractivity (Wildman–Crippen MR) is 92.2 cm³/mol. The number of benzene rings is 1. The molecule has 0 aliphatic carbocycles. The van der Waals surface area contributed by atoms with Crippen molar-refractivity contribution in [2.75, 3.05) is 13.1 Å². The molecule has 2 unspecified atom stereocenters. The second-order valence-corrected chi connectivity index (χ2v) is 6.39. The van der Waals surface area contributed by atoms with Crippen molar-refractivity contribution in [2.45, 2.75) is 38.8 Å². The summed E-state index contributed by atoms with van der Waals surface area (Å²) >= 11 is 0. The van der Waals surface area contributed by atoms with Crippen LogP contribution in [0.2, 0.25) is 0 Å². The fourth-order valence-corrected chi connectivity index (χ4v) is 3.31. The van der Waals surface area contributed by atoms with Gasteiger partial charge in [-0.2, -0.15) is 0 Å². The van der Waals surface area contributed by atoms with Crippen LogP contribution in [0.1, 0.15) is 46.0 Å². The minimum absolute atomic E-state index is 0. The number of hydrogen-bond donors (Lipinski definition) is 1. The molecule has 0 bridgehead atoms. The van der Waals surface area contributed by atoms with Crippen molar-refractivity contribution in [2.24, 2.45) is 5.73 Å². The normalized spacial score (nSPS) is 21.4. The molecule has 3 rings (SSSR count). The summed E-state index contributed by atoms with van der Waals surface area (Å²) in [6, 6.07) is 4.30. The molecule has 0 spiro atoms. The van der Waals surface area contributed by atoms with Crippen LogP contribution in [0.4, 0.5) is 0 Å². The van der Waals surface area contributed by atoms with E-state index in [-0.39, 0.29) is 24.4 Å². The highest BCUT2D eigenvalue weighted by molar-refractivity contribution is 6.22. The molecule has 1 saturated heterocycles. The molecule has 2 aliphatic heterocycles. The Balaban J connectivity index is 0.00000208. The van der Waals surface area contributed by atoms with Gasteiger partial charge in [0.2, 0.25) is 5.91 Å². The number of halogens is 1. The maximum Gasteiger partial charge on any atom is 0.262 e. The van der Waals surface area contributed by atoms with Gasteiger partial charge in [-0.25, -0.2) is 0 Å². The maximum atomic E-state index is 12.7. The lowest BCUT2D eigenvalue weighted by atomic mass is 10.1. The van der Waals surface area contributed by atoms with Gasteiger partial charge in [0.1, 0.15) is 6.04 Å². The third kappa shape index (κ3) is 3.03. The molecule has 130 valence electrons. The number of nitrogens with zero attached hydrogens (tertiary/aromatic N) is 2. The molecular weight excluding hydrogens is 330 g/mol. The lowest BCUT2D eigenvalue weighted by molar-refractivity contribution is -0.136. The maximum absolute atomic E-state index is 12.7. The molecule has 0 radical (unpaired) electrons. The molecule has 1 aromatic rings. The quantitative estimate of drug-likeness (QED) is 0.815. The largest absolute Gasteiger partial charge is 0.339 e. The van der Waals surface area contributed by atoms with E-state index >= 15 is 0 Å². The summed E-state index contributed by atoms with van der Waals surface area (Å²) in [6.07, 6.45) is 1.74. The van der Waals surface area contributed by atoms with E-state index in [1.165, 1.54) is 0 Å². The number of amides is 3. The highest BCUT2D eigenvalue weighted by Crippen LogP contribution is 2.26. The zero-order valence-electron chi connectivity index (χ0n) is 13.8. The standard InChI is InChI=1S/C17H21N3O3.ClH/c1-10-5-6-13-14(8-10)17(23)20(16(13)22)11(2)15(21)19-7-3-4-12(18)9-19;/h5-6,8,11-12H,3-4,7,9,18H2,1-2H3;1H. The van der Waals surface area contributed by atoms with E-state index < -0.39 is 17.9 Å². The number of nitrogens with two attached hydrogens (primary N) is 1. The van der Waals surface area contributed by atoms with Crippen LogP contribution in [0.5, 0.6) is 0 Å². The van der Waals surface area contributed by atoms with Gasteiger partial charge in [-0.3, -0.25) is 19.3 Å². The van der Waals surface area contributed by atoms with Crippen molar-refractivity contribution >= 4 is 30.1 Å². The summed E-state index contributed by atoms with van der Waals surface area (Å²) < 4.78 is 0. The summed E-state index contributed by atoms with van der Waals surface area (Å²) in [6.45, 7) is 4.58. The molecule has 1 fully saturated rings. The smallest absolute Gasteiger partial charge is 0.262 e. The topological polar surface area (TPSA) is 83.7 Å². The number of rotatable bonds is 2. The monoisotopic (exact) mass is 351 g/mol. The minimum atomic E-state index is -0.812. The highest BCUT2D eigenvalue weighted by atomic mass is 35.5. The van der Waals surface area contributed by atoms with E-state index in [0.29, 0.717) is 24.2 Å².